The van der Waals surface area contributed by atoms with E-state index >= 15 is 0 Å². The Labute approximate surface area is 160 Å². The first kappa shape index (κ1) is 18.9. The first-order valence-corrected chi connectivity index (χ1v) is 9.04. The fraction of sp³-hybridized carbons (Fsp3) is 0.273. The second kappa shape index (κ2) is 8.64. The van der Waals surface area contributed by atoms with Gasteiger partial charge >= 0.3 is 0 Å². The van der Waals surface area contributed by atoms with Gasteiger partial charge < -0.3 is 14.6 Å². The van der Waals surface area contributed by atoms with Crippen LogP contribution in [0.15, 0.2) is 65.1 Å². The van der Waals surface area contributed by atoms with Crippen molar-refractivity contribution in [2.45, 2.75) is 19.4 Å². The predicted octanol–water partition coefficient (Wildman–Crippen LogP) is 3.61. The van der Waals surface area contributed by atoms with Crippen molar-refractivity contribution in [3.05, 3.63) is 77.7 Å². The Balaban J connectivity index is 1.63. The molecule has 0 aliphatic rings. The molecule has 0 aliphatic heterocycles. The van der Waals surface area contributed by atoms with E-state index in [1.54, 1.807) is 0 Å². The minimum Gasteiger partial charge on any atom is -0.441 e. The lowest BCUT2D eigenvalue weighted by atomic mass is 10.1. The normalized spacial score (nSPS) is 12.1. The summed E-state index contributed by atoms with van der Waals surface area (Å²) in [6.07, 6.45) is 0.205. The number of hydrogen-bond donors (Lipinski definition) is 1. The first-order valence-electron chi connectivity index (χ1n) is 9.04. The third-order valence-corrected chi connectivity index (χ3v) is 4.54. The van der Waals surface area contributed by atoms with Crippen molar-refractivity contribution in [3.8, 4) is 11.5 Å². The average molecular weight is 363 g/mol. The standard InChI is InChI=1S/C22H25N3O2/c1-16-19(24-22(27-16)18-12-8-5-9-13-18)14-21(26)23-15-20(25(2)3)17-10-6-4-7-11-17/h4-13,20H,14-15H2,1-3H3,(H,23,26). The molecule has 3 aromatic rings. The number of aromatic nitrogens is 1. The molecular formula is C22H25N3O2. The van der Waals surface area contributed by atoms with E-state index in [1.807, 2.05) is 69.6 Å². The predicted molar refractivity (Wildman–Crippen MR) is 106 cm³/mol. The van der Waals surface area contributed by atoms with Gasteiger partial charge in [-0.25, -0.2) is 4.98 Å². The number of amides is 1. The van der Waals surface area contributed by atoms with Crippen molar-refractivity contribution < 1.29 is 9.21 Å². The van der Waals surface area contributed by atoms with Gasteiger partial charge in [-0.2, -0.15) is 0 Å². The molecule has 0 aliphatic carbocycles. The quantitative estimate of drug-likeness (QED) is 0.697. The molecule has 5 heteroatoms. The molecule has 1 heterocycles. The number of benzene rings is 2. The molecule has 1 atom stereocenters. The highest BCUT2D eigenvalue weighted by atomic mass is 16.4. The SMILES string of the molecule is Cc1oc(-c2ccccc2)nc1CC(=O)NCC(c1ccccc1)N(C)C. The van der Waals surface area contributed by atoms with Gasteiger partial charge in [0.15, 0.2) is 0 Å². The van der Waals surface area contributed by atoms with Gasteiger partial charge in [0.05, 0.1) is 18.2 Å². The van der Waals surface area contributed by atoms with Crippen LogP contribution in [0.4, 0.5) is 0 Å². The van der Waals surface area contributed by atoms with Gasteiger partial charge in [0.2, 0.25) is 11.8 Å². The second-order valence-electron chi connectivity index (χ2n) is 6.76. The van der Waals surface area contributed by atoms with Gasteiger partial charge in [-0.3, -0.25) is 4.79 Å². The number of nitrogens with one attached hydrogen (secondary N) is 1. The number of rotatable bonds is 7. The molecule has 3 rings (SSSR count). The van der Waals surface area contributed by atoms with E-state index in [1.165, 1.54) is 5.56 Å². The highest BCUT2D eigenvalue weighted by Gasteiger charge is 2.17. The summed E-state index contributed by atoms with van der Waals surface area (Å²) in [5.41, 5.74) is 2.75. The van der Waals surface area contributed by atoms with E-state index in [9.17, 15) is 4.79 Å². The largest absolute Gasteiger partial charge is 0.441 e. The van der Waals surface area contributed by atoms with E-state index < -0.39 is 0 Å². The van der Waals surface area contributed by atoms with E-state index in [2.05, 4.69) is 27.3 Å². The summed E-state index contributed by atoms with van der Waals surface area (Å²) < 4.78 is 5.74. The van der Waals surface area contributed by atoms with Crippen LogP contribution in [-0.4, -0.2) is 36.4 Å². The van der Waals surface area contributed by atoms with Crippen LogP contribution in [0.1, 0.15) is 23.1 Å². The van der Waals surface area contributed by atoms with Crippen LogP contribution in [0.2, 0.25) is 0 Å². The number of aryl methyl sites for hydroxylation is 1. The van der Waals surface area contributed by atoms with Crippen LogP contribution in [-0.2, 0) is 11.2 Å². The van der Waals surface area contributed by atoms with Crippen molar-refractivity contribution in [1.82, 2.24) is 15.2 Å². The molecule has 0 bridgehead atoms. The Morgan fingerprint density at radius 3 is 2.33 bits per heavy atom. The fourth-order valence-corrected chi connectivity index (χ4v) is 3.00. The lowest BCUT2D eigenvalue weighted by Crippen LogP contribution is -2.35. The number of hydrogen-bond acceptors (Lipinski definition) is 4. The third-order valence-electron chi connectivity index (χ3n) is 4.54. The van der Waals surface area contributed by atoms with Gasteiger partial charge in [-0.1, -0.05) is 48.5 Å². The Kier molecular flexibility index (Phi) is 6.04. The van der Waals surface area contributed by atoms with Crippen LogP contribution >= 0.6 is 0 Å². The molecule has 2 aromatic carbocycles. The summed E-state index contributed by atoms with van der Waals surface area (Å²) in [5, 5.41) is 3.03. The number of likely N-dealkylation sites (N-methyl/N-ethyl adjacent to an activating group) is 1. The Hall–Kier alpha value is -2.92. The lowest BCUT2D eigenvalue weighted by molar-refractivity contribution is -0.120. The molecular weight excluding hydrogens is 338 g/mol. The Morgan fingerprint density at radius 1 is 1.07 bits per heavy atom. The summed E-state index contributed by atoms with van der Waals surface area (Å²) in [5.74, 6) is 1.16. The highest BCUT2D eigenvalue weighted by molar-refractivity contribution is 5.78. The van der Waals surface area contributed by atoms with Crippen molar-refractivity contribution in [2.24, 2.45) is 0 Å². The summed E-state index contributed by atoms with van der Waals surface area (Å²) in [6, 6.07) is 20.0. The molecule has 1 N–H and O–H groups in total. The highest BCUT2D eigenvalue weighted by Crippen LogP contribution is 2.22. The van der Waals surface area contributed by atoms with Crippen molar-refractivity contribution in [3.63, 3.8) is 0 Å². The molecule has 0 radical (unpaired) electrons. The number of oxazole rings is 1. The minimum atomic E-state index is -0.0613. The van der Waals surface area contributed by atoms with E-state index in [0.29, 0.717) is 23.9 Å². The fourth-order valence-electron chi connectivity index (χ4n) is 3.00. The summed E-state index contributed by atoms with van der Waals surface area (Å²) in [6.45, 7) is 2.38. The number of nitrogens with zero attached hydrogens (tertiary/aromatic N) is 2. The van der Waals surface area contributed by atoms with E-state index in [4.69, 9.17) is 4.42 Å². The van der Waals surface area contributed by atoms with Crippen molar-refractivity contribution in [2.75, 3.05) is 20.6 Å². The average Bonchev–Trinajstić information content (AvgIpc) is 3.04. The molecule has 0 fully saturated rings. The van der Waals surface area contributed by atoms with E-state index in [-0.39, 0.29) is 18.4 Å². The van der Waals surface area contributed by atoms with Crippen LogP contribution in [0.25, 0.3) is 11.5 Å². The molecule has 0 spiro atoms. The molecule has 1 aromatic heterocycles. The summed E-state index contributed by atoms with van der Waals surface area (Å²) in [4.78, 5) is 19.1. The molecule has 140 valence electrons. The van der Waals surface area contributed by atoms with E-state index in [0.717, 1.165) is 5.56 Å². The number of carbonyl (C=O) groups excluding carboxylic acids is 1. The Bertz CT molecular complexity index is 873. The van der Waals surface area contributed by atoms with Crippen LogP contribution in [0.5, 0.6) is 0 Å². The monoisotopic (exact) mass is 363 g/mol. The number of carbonyl (C=O) groups is 1. The lowest BCUT2D eigenvalue weighted by Gasteiger charge is -2.25. The zero-order valence-electron chi connectivity index (χ0n) is 16.0. The molecule has 5 nitrogen and oxygen atoms in total. The van der Waals surface area contributed by atoms with Crippen molar-refractivity contribution >= 4 is 5.91 Å². The van der Waals surface area contributed by atoms with Gasteiger partial charge in [0, 0.05) is 12.1 Å². The molecule has 1 amide bonds. The summed E-state index contributed by atoms with van der Waals surface area (Å²) in [7, 11) is 4.02. The van der Waals surface area contributed by atoms with Gasteiger partial charge in [-0.15, -0.1) is 0 Å². The van der Waals surface area contributed by atoms with Crippen LogP contribution < -0.4 is 5.32 Å². The zero-order chi connectivity index (χ0) is 19.2. The minimum absolute atomic E-state index is 0.0613. The third kappa shape index (κ3) is 4.83. The molecule has 1 unspecified atom stereocenters. The zero-order valence-corrected chi connectivity index (χ0v) is 16.0. The molecule has 0 saturated heterocycles. The van der Waals surface area contributed by atoms with Gasteiger partial charge in [0.25, 0.3) is 0 Å². The molecule has 0 saturated carbocycles. The maximum Gasteiger partial charge on any atom is 0.226 e. The summed E-state index contributed by atoms with van der Waals surface area (Å²) >= 11 is 0. The maximum absolute atomic E-state index is 12.5. The topological polar surface area (TPSA) is 58.4 Å². The van der Waals surface area contributed by atoms with Crippen molar-refractivity contribution in [1.29, 1.82) is 0 Å². The second-order valence-corrected chi connectivity index (χ2v) is 6.76. The Morgan fingerprint density at radius 2 is 1.70 bits per heavy atom. The first-order chi connectivity index (χ1) is 13.0. The smallest absolute Gasteiger partial charge is 0.226 e. The van der Waals surface area contributed by atoms with Crippen LogP contribution in [0.3, 0.4) is 0 Å². The molecule has 27 heavy (non-hydrogen) atoms. The van der Waals surface area contributed by atoms with Gasteiger partial charge in [0.1, 0.15) is 5.76 Å². The van der Waals surface area contributed by atoms with Gasteiger partial charge in [-0.05, 0) is 38.7 Å². The van der Waals surface area contributed by atoms with Crippen LogP contribution in [0, 0.1) is 6.92 Å². The maximum atomic E-state index is 12.5.